The molecule has 2 N–H and O–H groups in total. The van der Waals surface area contributed by atoms with Gasteiger partial charge in [0, 0.05) is 9.13 Å². The van der Waals surface area contributed by atoms with Crippen LogP contribution in [0.2, 0.25) is 0 Å². The van der Waals surface area contributed by atoms with Gasteiger partial charge in [-0.1, -0.05) is 0 Å². The SMILES string of the molecule is Cc1cc([N+](=O)[O-])nn1CC(=O)N/N=C\c1cc(I)cc(I)c1O. The fraction of sp³-hybridized carbons (Fsp3) is 0.154. The minimum atomic E-state index is -0.624. The van der Waals surface area contributed by atoms with E-state index in [-0.39, 0.29) is 18.1 Å². The average molecular weight is 555 g/mol. The summed E-state index contributed by atoms with van der Waals surface area (Å²) in [6.45, 7) is 1.41. The van der Waals surface area contributed by atoms with E-state index >= 15 is 0 Å². The number of nitrogens with one attached hydrogen (secondary N) is 1. The molecular weight excluding hydrogens is 544 g/mol. The fourth-order valence-electron chi connectivity index (χ4n) is 1.77. The third-order valence-corrected chi connectivity index (χ3v) is 4.34. The number of aromatic nitrogens is 2. The van der Waals surface area contributed by atoms with Crippen molar-refractivity contribution in [2.75, 3.05) is 0 Å². The Kier molecular flexibility index (Phi) is 6.09. The van der Waals surface area contributed by atoms with E-state index in [1.165, 1.54) is 17.0 Å². The van der Waals surface area contributed by atoms with E-state index in [1.54, 1.807) is 19.1 Å². The largest absolute Gasteiger partial charge is 0.506 e. The van der Waals surface area contributed by atoms with Crippen molar-refractivity contribution >= 4 is 63.1 Å². The van der Waals surface area contributed by atoms with Crippen LogP contribution in [0.3, 0.4) is 0 Å². The zero-order valence-corrected chi connectivity index (χ0v) is 16.5. The highest BCUT2D eigenvalue weighted by molar-refractivity contribution is 14.1. The van der Waals surface area contributed by atoms with Crippen LogP contribution < -0.4 is 5.43 Å². The molecule has 0 atom stereocenters. The predicted octanol–water partition coefficient (Wildman–Crippen LogP) is 2.16. The predicted molar refractivity (Wildman–Crippen MR) is 103 cm³/mol. The number of aromatic hydroxyl groups is 1. The van der Waals surface area contributed by atoms with Crippen molar-refractivity contribution in [1.29, 1.82) is 0 Å². The Hall–Kier alpha value is -1.77. The number of halogens is 2. The van der Waals surface area contributed by atoms with Gasteiger partial charge < -0.3 is 15.2 Å². The topological polar surface area (TPSA) is 123 Å². The molecule has 0 aliphatic rings. The molecule has 1 aromatic carbocycles. The second-order valence-electron chi connectivity index (χ2n) is 4.68. The number of nitrogens with zero attached hydrogens (tertiary/aromatic N) is 4. The van der Waals surface area contributed by atoms with Crippen LogP contribution in [0, 0.1) is 24.2 Å². The Morgan fingerprint density at radius 3 is 2.83 bits per heavy atom. The molecule has 0 unspecified atom stereocenters. The van der Waals surface area contributed by atoms with Crippen LogP contribution >= 0.6 is 45.2 Å². The van der Waals surface area contributed by atoms with Crippen LogP contribution in [-0.4, -0.2) is 31.9 Å². The van der Waals surface area contributed by atoms with Crippen LogP contribution in [0.25, 0.3) is 0 Å². The summed E-state index contributed by atoms with van der Waals surface area (Å²) < 4.78 is 2.81. The molecule has 2 rings (SSSR count). The Balaban J connectivity index is 2.02. The van der Waals surface area contributed by atoms with E-state index in [2.05, 4.69) is 38.2 Å². The summed E-state index contributed by atoms with van der Waals surface area (Å²) in [5.74, 6) is -0.734. The van der Waals surface area contributed by atoms with Crippen LogP contribution in [0.5, 0.6) is 5.75 Å². The Labute approximate surface area is 163 Å². The van der Waals surface area contributed by atoms with Crippen molar-refractivity contribution in [3.8, 4) is 5.75 Å². The van der Waals surface area contributed by atoms with Crippen molar-refractivity contribution < 1.29 is 14.8 Å². The number of amides is 1. The molecule has 1 heterocycles. The molecular formula is C13H11I2N5O4. The number of rotatable bonds is 5. The first-order chi connectivity index (χ1) is 11.3. The Morgan fingerprint density at radius 1 is 1.50 bits per heavy atom. The standard InChI is InChI=1S/C13H11I2N5O4/c1-7-2-11(20(23)24)18-19(7)6-12(21)17-16-5-8-3-9(14)4-10(15)13(8)22/h2-5,22H,6H2,1H3,(H,17,21)/b16-5-. The number of carbonyl (C=O) groups is 1. The average Bonchev–Trinajstić information content (AvgIpc) is 2.85. The summed E-state index contributed by atoms with van der Waals surface area (Å²) in [6.07, 6.45) is 1.33. The highest BCUT2D eigenvalue weighted by Crippen LogP contribution is 2.25. The van der Waals surface area contributed by atoms with Crippen molar-refractivity contribution in [1.82, 2.24) is 15.2 Å². The van der Waals surface area contributed by atoms with Gasteiger partial charge in [-0.05, 0) is 69.2 Å². The first-order valence-electron chi connectivity index (χ1n) is 6.46. The minimum absolute atomic E-state index is 0.0764. The van der Waals surface area contributed by atoms with Gasteiger partial charge in [-0.25, -0.2) is 5.43 Å². The molecule has 0 bridgehead atoms. The van der Waals surface area contributed by atoms with E-state index in [9.17, 15) is 20.0 Å². The molecule has 0 radical (unpaired) electrons. The molecule has 2 aromatic rings. The monoisotopic (exact) mass is 555 g/mol. The number of phenolic OH excluding ortho intramolecular Hbond substituents is 1. The van der Waals surface area contributed by atoms with Gasteiger partial charge in [0.15, 0.2) is 0 Å². The van der Waals surface area contributed by atoms with E-state index in [4.69, 9.17) is 0 Å². The molecule has 24 heavy (non-hydrogen) atoms. The zero-order valence-electron chi connectivity index (χ0n) is 12.2. The van der Waals surface area contributed by atoms with Gasteiger partial charge in [-0.3, -0.25) is 4.79 Å². The molecule has 0 saturated heterocycles. The molecule has 1 aromatic heterocycles. The first-order valence-corrected chi connectivity index (χ1v) is 8.62. The first kappa shape index (κ1) is 18.6. The summed E-state index contributed by atoms with van der Waals surface area (Å²) in [7, 11) is 0. The third kappa shape index (κ3) is 4.62. The van der Waals surface area contributed by atoms with Gasteiger partial charge in [-0.15, -0.1) is 0 Å². The lowest BCUT2D eigenvalue weighted by atomic mass is 10.2. The maximum Gasteiger partial charge on any atom is 0.390 e. The molecule has 11 heteroatoms. The van der Waals surface area contributed by atoms with Crippen LogP contribution in [0.1, 0.15) is 11.3 Å². The summed E-state index contributed by atoms with van der Waals surface area (Å²) in [5.41, 5.74) is 3.26. The van der Waals surface area contributed by atoms with Crippen molar-refractivity contribution in [3.63, 3.8) is 0 Å². The van der Waals surface area contributed by atoms with Gasteiger partial charge in [0.2, 0.25) is 0 Å². The third-order valence-electron chi connectivity index (χ3n) is 2.90. The smallest absolute Gasteiger partial charge is 0.390 e. The van der Waals surface area contributed by atoms with Crippen molar-refractivity contribution in [3.05, 3.63) is 46.7 Å². The summed E-state index contributed by atoms with van der Waals surface area (Å²) >= 11 is 4.10. The maximum atomic E-state index is 11.8. The summed E-state index contributed by atoms with van der Waals surface area (Å²) in [5, 5.41) is 28.1. The van der Waals surface area contributed by atoms with E-state index in [0.29, 0.717) is 14.8 Å². The Bertz CT molecular complexity index is 834. The molecule has 1 amide bonds. The number of hydrazone groups is 1. The lowest BCUT2D eigenvalue weighted by molar-refractivity contribution is -0.389. The minimum Gasteiger partial charge on any atom is -0.506 e. The van der Waals surface area contributed by atoms with Gasteiger partial charge >= 0.3 is 5.82 Å². The van der Waals surface area contributed by atoms with Crippen LogP contribution in [-0.2, 0) is 11.3 Å². The zero-order chi connectivity index (χ0) is 17.9. The number of hydrogen-bond donors (Lipinski definition) is 2. The summed E-state index contributed by atoms with van der Waals surface area (Å²) in [4.78, 5) is 21.9. The van der Waals surface area contributed by atoms with Gasteiger partial charge in [0.25, 0.3) is 5.91 Å². The number of nitro groups is 1. The van der Waals surface area contributed by atoms with E-state index in [1.807, 2.05) is 22.6 Å². The van der Waals surface area contributed by atoms with Crippen LogP contribution in [0.15, 0.2) is 23.3 Å². The van der Waals surface area contributed by atoms with Gasteiger partial charge in [0.05, 0.1) is 26.6 Å². The molecule has 9 nitrogen and oxygen atoms in total. The number of benzene rings is 1. The van der Waals surface area contributed by atoms with Gasteiger partial charge in [0.1, 0.15) is 12.3 Å². The normalized spacial score (nSPS) is 11.0. The highest BCUT2D eigenvalue weighted by atomic mass is 127. The quantitative estimate of drug-likeness (QED) is 0.254. The number of hydrogen-bond acceptors (Lipinski definition) is 6. The lowest BCUT2D eigenvalue weighted by Gasteiger charge is -2.03. The van der Waals surface area contributed by atoms with Crippen molar-refractivity contribution in [2.24, 2.45) is 5.10 Å². The maximum absolute atomic E-state index is 11.8. The lowest BCUT2D eigenvalue weighted by Crippen LogP contribution is -2.24. The van der Waals surface area contributed by atoms with Crippen LogP contribution in [0.4, 0.5) is 5.82 Å². The molecule has 126 valence electrons. The molecule has 0 aliphatic carbocycles. The fourth-order valence-corrected chi connectivity index (χ4v) is 3.66. The van der Waals surface area contributed by atoms with Gasteiger partial charge in [-0.2, -0.15) is 9.78 Å². The molecule has 0 fully saturated rings. The number of carbonyl (C=O) groups excluding carboxylic acids is 1. The Morgan fingerprint density at radius 2 is 2.21 bits per heavy atom. The van der Waals surface area contributed by atoms with E-state index < -0.39 is 10.8 Å². The second-order valence-corrected chi connectivity index (χ2v) is 7.09. The molecule has 0 aliphatic heterocycles. The van der Waals surface area contributed by atoms with E-state index in [0.717, 1.165) is 3.57 Å². The number of aryl methyl sites for hydroxylation is 1. The van der Waals surface area contributed by atoms with Crippen molar-refractivity contribution in [2.45, 2.75) is 13.5 Å². The molecule has 0 saturated carbocycles. The highest BCUT2D eigenvalue weighted by Gasteiger charge is 2.17. The summed E-state index contributed by atoms with van der Waals surface area (Å²) in [6, 6.07) is 4.80. The molecule has 0 spiro atoms. The number of phenols is 1. The second kappa shape index (κ2) is 7.87.